The number of hydrogen-bond acceptors (Lipinski definition) is 3. The van der Waals surface area contributed by atoms with Gasteiger partial charge in [0.25, 0.3) is 0 Å². The SMILES string of the molecule is CCCCC(CC)COC(=O)CCc1cc(C2C=CC=CC2)c(O)c(C(C)(C)C)c1. The molecule has 0 aromatic heterocycles. The molecule has 0 saturated heterocycles. The normalized spacial score (nSPS) is 17.2. The average Bonchev–Trinajstić information content (AvgIpc) is 2.73. The van der Waals surface area contributed by atoms with Crippen LogP contribution in [0.1, 0.15) is 95.8 Å². The molecule has 0 spiro atoms. The van der Waals surface area contributed by atoms with Gasteiger partial charge in [-0.25, -0.2) is 0 Å². The topological polar surface area (TPSA) is 46.5 Å². The van der Waals surface area contributed by atoms with Gasteiger partial charge in [-0.15, -0.1) is 0 Å². The molecule has 3 heteroatoms. The molecule has 0 fully saturated rings. The largest absolute Gasteiger partial charge is 0.507 e. The zero-order chi connectivity index (χ0) is 22.1. The molecule has 1 aromatic rings. The van der Waals surface area contributed by atoms with E-state index in [1.165, 1.54) is 12.8 Å². The summed E-state index contributed by atoms with van der Waals surface area (Å²) < 4.78 is 5.57. The molecule has 2 rings (SSSR count). The number of ether oxygens (including phenoxy) is 1. The van der Waals surface area contributed by atoms with Crippen LogP contribution < -0.4 is 0 Å². The summed E-state index contributed by atoms with van der Waals surface area (Å²) >= 11 is 0. The highest BCUT2D eigenvalue weighted by Crippen LogP contribution is 2.40. The summed E-state index contributed by atoms with van der Waals surface area (Å²) in [4.78, 5) is 12.4. The van der Waals surface area contributed by atoms with Gasteiger partial charge < -0.3 is 9.84 Å². The maximum Gasteiger partial charge on any atom is 0.306 e. The predicted octanol–water partition coefficient (Wildman–Crippen LogP) is 6.98. The number of benzene rings is 1. The van der Waals surface area contributed by atoms with E-state index in [0.29, 0.717) is 31.1 Å². The van der Waals surface area contributed by atoms with Gasteiger partial charge in [0.05, 0.1) is 6.61 Å². The Morgan fingerprint density at radius 3 is 2.60 bits per heavy atom. The first-order chi connectivity index (χ1) is 14.3. The number of hydrogen-bond donors (Lipinski definition) is 1. The van der Waals surface area contributed by atoms with Gasteiger partial charge in [0, 0.05) is 17.9 Å². The van der Waals surface area contributed by atoms with E-state index in [0.717, 1.165) is 36.0 Å². The number of phenolic OH excluding ortho intramolecular Hbond substituents is 1. The number of unbranched alkanes of at least 4 members (excludes halogenated alkanes) is 1. The monoisotopic (exact) mass is 412 g/mol. The van der Waals surface area contributed by atoms with Gasteiger partial charge in [0.2, 0.25) is 0 Å². The van der Waals surface area contributed by atoms with Crippen LogP contribution in [0.4, 0.5) is 0 Å². The van der Waals surface area contributed by atoms with Crippen LogP contribution in [0.2, 0.25) is 0 Å². The predicted molar refractivity (Wildman–Crippen MR) is 125 cm³/mol. The molecule has 30 heavy (non-hydrogen) atoms. The molecule has 1 aliphatic carbocycles. The molecule has 0 amide bonds. The molecule has 1 N–H and O–H groups in total. The Hall–Kier alpha value is -2.03. The van der Waals surface area contributed by atoms with E-state index >= 15 is 0 Å². The quantitative estimate of drug-likeness (QED) is 0.422. The highest BCUT2D eigenvalue weighted by Gasteiger charge is 2.24. The minimum atomic E-state index is -0.169. The number of rotatable bonds is 10. The van der Waals surface area contributed by atoms with Gasteiger partial charge in [0.1, 0.15) is 5.75 Å². The summed E-state index contributed by atoms with van der Waals surface area (Å²) in [6.07, 6.45) is 14.8. The fraction of sp³-hybridized carbons (Fsp3) is 0.593. The van der Waals surface area contributed by atoms with Crippen molar-refractivity contribution >= 4 is 5.97 Å². The zero-order valence-electron chi connectivity index (χ0n) is 19.5. The van der Waals surface area contributed by atoms with Crippen molar-refractivity contribution in [2.45, 2.75) is 90.9 Å². The van der Waals surface area contributed by atoms with Crippen molar-refractivity contribution < 1.29 is 14.6 Å². The number of carbonyl (C=O) groups is 1. The second-order valence-electron chi connectivity index (χ2n) is 9.59. The van der Waals surface area contributed by atoms with Crippen LogP contribution in [-0.4, -0.2) is 17.7 Å². The third-order valence-electron chi connectivity index (χ3n) is 6.03. The molecular weight excluding hydrogens is 372 g/mol. The van der Waals surface area contributed by atoms with Crippen LogP contribution >= 0.6 is 0 Å². The Bertz CT molecular complexity index is 752. The molecule has 166 valence electrons. The van der Waals surface area contributed by atoms with Crippen molar-refractivity contribution in [3.63, 3.8) is 0 Å². The summed E-state index contributed by atoms with van der Waals surface area (Å²) in [6.45, 7) is 11.2. The van der Waals surface area contributed by atoms with Crippen LogP contribution in [0.15, 0.2) is 36.4 Å². The standard InChI is InChI=1S/C27H40O3/c1-6-8-12-20(7-2)19-30-25(28)16-15-21-17-23(22-13-10-9-11-14-22)26(29)24(18-21)27(3,4)5/h9-11,13,17-18,20,22,29H,6-8,12,14-16,19H2,1-5H3. The number of aromatic hydroxyl groups is 1. The van der Waals surface area contributed by atoms with Gasteiger partial charge in [-0.3, -0.25) is 4.79 Å². The van der Waals surface area contributed by atoms with E-state index in [1.807, 2.05) is 12.2 Å². The Morgan fingerprint density at radius 1 is 1.23 bits per heavy atom. The van der Waals surface area contributed by atoms with E-state index in [2.05, 4.69) is 58.9 Å². The summed E-state index contributed by atoms with van der Waals surface area (Å²) in [5.41, 5.74) is 2.82. The van der Waals surface area contributed by atoms with E-state index in [4.69, 9.17) is 4.74 Å². The molecule has 2 atom stereocenters. The van der Waals surface area contributed by atoms with Crippen molar-refractivity contribution in [2.75, 3.05) is 6.61 Å². The zero-order valence-corrected chi connectivity index (χ0v) is 19.5. The molecule has 0 radical (unpaired) electrons. The molecule has 0 saturated carbocycles. The maximum atomic E-state index is 12.4. The summed E-state index contributed by atoms with van der Waals surface area (Å²) in [5.74, 6) is 0.901. The fourth-order valence-corrected chi connectivity index (χ4v) is 3.96. The van der Waals surface area contributed by atoms with Crippen molar-refractivity contribution in [3.05, 3.63) is 53.1 Å². The molecule has 0 aliphatic heterocycles. The molecule has 0 heterocycles. The second kappa shape index (κ2) is 11.4. The van der Waals surface area contributed by atoms with Crippen molar-refractivity contribution in [1.29, 1.82) is 0 Å². The number of allylic oxidation sites excluding steroid dienone is 4. The fourth-order valence-electron chi connectivity index (χ4n) is 3.96. The lowest BCUT2D eigenvalue weighted by atomic mass is 9.80. The summed E-state index contributed by atoms with van der Waals surface area (Å²) in [5, 5.41) is 11.0. The third kappa shape index (κ3) is 7.04. The first-order valence-corrected chi connectivity index (χ1v) is 11.6. The lowest BCUT2D eigenvalue weighted by Gasteiger charge is -2.26. The highest BCUT2D eigenvalue weighted by atomic mass is 16.5. The van der Waals surface area contributed by atoms with Gasteiger partial charge in [0.15, 0.2) is 0 Å². The Morgan fingerprint density at radius 2 is 2.00 bits per heavy atom. The van der Waals surface area contributed by atoms with Gasteiger partial charge in [-0.1, -0.05) is 90.3 Å². The van der Waals surface area contributed by atoms with Crippen molar-refractivity contribution in [2.24, 2.45) is 5.92 Å². The Balaban J connectivity index is 2.08. The minimum absolute atomic E-state index is 0.127. The maximum absolute atomic E-state index is 12.4. The number of carbonyl (C=O) groups excluding carboxylic acids is 1. The van der Waals surface area contributed by atoms with Gasteiger partial charge in [-0.05, 0) is 41.7 Å². The van der Waals surface area contributed by atoms with Gasteiger partial charge in [-0.2, -0.15) is 0 Å². The number of aryl methyl sites for hydroxylation is 1. The van der Waals surface area contributed by atoms with E-state index in [-0.39, 0.29) is 17.3 Å². The minimum Gasteiger partial charge on any atom is -0.507 e. The molecular formula is C27H40O3. The molecule has 1 aromatic carbocycles. The first kappa shape index (κ1) is 24.2. The number of phenols is 1. The molecule has 3 nitrogen and oxygen atoms in total. The van der Waals surface area contributed by atoms with Crippen LogP contribution in [0, 0.1) is 5.92 Å². The smallest absolute Gasteiger partial charge is 0.306 e. The highest BCUT2D eigenvalue weighted by molar-refractivity contribution is 5.69. The van der Waals surface area contributed by atoms with Gasteiger partial charge >= 0.3 is 5.97 Å². The lowest BCUT2D eigenvalue weighted by molar-refractivity contribution is -0.145. The van der Waals surface area contributed by atoms with Crippen LogP contribution in [0.3, 0.4) is 0 Å². The second-order valence-corrected chi connectivity index (χ2v) is 9.59. The molecule has 1 aliphatic rings. The van der Waals surface area contributed by atoms with Crippen LogP contribution in [0.25, 0.3) is 0 Å². The third-order valence-corrected chi connectivity index (χ3v) is 6.03. The first-order valence-electron chi connectivity index (χ1n) is 11.6. The molecule has 2 unspecified atom stereocenters. The van der Waals surface area contributed by atoms with Crippen LogP contribution in [0.5, 0.6) is 5.75 Å². The van der Waals surface area contributed by atoms with Crippen molar-refractivity contribution in [3.8, 4) is 5.75 Å². The van der Waals surface area contributed by atoms with Crippen molar-refractivity contribution in [1.82, 2.24) is 0 Å². The van der Waals surface area contributed by atoms with E-state index in [1.54, 1.807) is 0 Å². The molecule has 0 bridgehead atoms. The van der Waals surface area contributed by atoms with E-state index < -0.39 is 0 Å². The lowest BCUT2D eigenvalue weighted by Crippen LogP contribution is -2.15. The summed E-state index contributed by atoms with van der Waals surface area (Å²) in [6, 6.07) is 4.13. The van der Waals surface area contributed by atoms with E-state index in [9.17, 15) is 9.90 Å². The van der Waals surface area contributed by atoms with Crippen LogP contribution in [-0.2, 0) is 21.4 Å². The Kier molecular flexibility index (Phi) is 9.20. The Labute approximate surface area is 183 Å². The average molecular weight is 413 g/mol. The summed E-state index contributed by atoms with van der Waals surface area (Å²) in [7, 11) is 0. The number of esters is 1.